The van der Waals surface area contributed by atoms with Crippen molar-refractivity contribution in [3.63, 3.8) is 0 Å². The molecule has 0 saturated carbocycles. The number of hydrogen-bond donors (Lipinski definition) is 1. The molecule has 29 heavy (non-hydrogen) atoms. The van der Waals surface area contributed by atoms with Crippen LogP contribution < -0.4 is 10.2 Å². The Balaban J connectivity index is 1.62. The number of carbonyl (C=O) groups is 2. The second-order valence-electron chi connectivity index (χ2n) is 6.86. The van der Waals surface area contributed by atoms with Crippen molar-refractivity contribution in [2.75, 3.05) is 16.0 Å². The van der Waals surface area contributed by atoms with Crippen molar-refractivity contribution < 1.29 is 9.59 Å². The van der Waals surface area contributed by atoms with E-state index in [1.165, 1.54) is 16.9 Å². The minimum Gasteiger partial charge on any atom is -0.321 e. The Labute approximate surface area is 178 Å². The summed E-state index contributed by atoms with van der Waals surface area (Å²) >= 11 is 3.04. The molecule has 1 N–H and O–H groups in total. The van der Waals surface area contributed by atoms with Gasteiger partial charge in [-0.2, -0.15) is 0 Å². The lowest BCUT2D eigenvalue weighted by Gasteiger charge is -2.27. The zero-order valence-electron chi connectivity index (χ0n) is 16.1. The van der Waals surface area contributed by atoms with E-state index in [-0.39, 0.29) is 17.2 Å². The third kappa shape index (κ3) is 4.23. The minimum absolute atomic E-state index is 0.0981. The molecular weight excluding hydrogens is 400 g/mol. The summed E-state index contributed by atoms with van der Waals surface area (Å²) in [6.07, 6.45) is 1.97. The van der Waals surface area contributed by atoms with Gasteiger partial charge in [0.1, 0.15) is 5.37 Å². The van der Waals surface area contributed by atoms with Crippen LogP contribution >= 0.6 is 23.1 Å². The molecule has 2 heterocycles. The molecule has 4 rings (SSSR count). The molecule has 0 unspecified atom stereocenters. The largest absolute Gasteiger partial charge is 0.321 e. The molecule has 2 amide bonds. The highest BCUT2D eigenvalue weighted by atomic mass is 32.2. The second-order valence-corrected chi connectivity index (χ2v) is 8.88. The van der Waals surface area contributed by atoms with E-state index in [2.05, 4.69) is 18.3 Å². The molecule has 3 aromatic rings. The van der Waals surface area contributed by atoms with Crippen LogP contribution in [0.3, 0.4) is 0 Å². The first-order chi connectivity index (χ1) is 14.2. The maximum absolute atomic E-state index is 12.8. The second kappa shape index (κ2) is 8.84. The van der Waals surface area contributed by atoms with Crippen LogP contribution in [-0.4, -0.2) is 17.6 Å². The van der Waals surface area contributed by atoms with Crippen LogP contribution in [0, 0.1) is 0 Å². The molecule has 2 aromatic carbocycles. The standard InChI is InChI=1S/C23H22N2O2S2/c1-2-7-16-8-3-4-11-19(16)25-21(26)15-29-23(25)17-9-5-10-18(14-17)24-22(27)20-12-6-13-28-20/h3-6,8-14,23H,2,7,15H2,1H3,(H,24,27)/t23-/m1/s1. The van der Waals surface area contributed by atoms with E-state index in [9.17, 15) is 9.59 Å². The number of benzene rings is 2. The number of carbonyl (C=O) groups excluding carboxylic acids is 2. The van der Waals surface area contributed by atoms with E-state index in [0.29, 0.717) is 10.6 Å². The highest BCUT2D eigenvalue weighted by molar-refractivity contribution is 8.00. The Morgan fingerprint density at radius 2 is 2.00 bits per heavy atom. The first-order valence-electron chi connectivity index (χ1n) is 9.63. The molecule has 1 aromatic heterocycles. The first kappa shape index (κ1) is 19.7. The van der Waals surface area contributed by atoms with Crippen molar-refractivity contribution in [1.82, 2.24) is 0 Å². The maximum atomic E-state index is 12.8. The van der Waals surface area contributed by atoms with Crippen LogP contribution in [0.5, 0.6) is 0 Å². The average molecular weight is 423 g/mol. The van der Waals surface area contributed by atoms with E-state index in [1.54, 1.807) is 11.8 Å². The van der Waals surface area contributed by atoms with Crippen LogP contribution in [0.1, 0.15) is 39.5 Å². The molecule has 0 spiro atoms. The molecule has 1 atom stereocenters. The highest BCUT2D eigenvalue weighted by Gasteiger charge is 2.35. The van der Waals surface area contributed by atoms with E-state index >= 15 is 0 Å². The summed E-state index contributed by atoms with van der Waals surface area (Å²) in [5.74, 6) is 0.464. The molecule has 148 valence electrons. The minimum atomic E-state index is -0.113. The van der Waals surface area contributed by atoms with Gasteiger partial charge < -0.3 is 5.32 Å². The molecule has 6 heteroatoms. The number of para-hydroxylation sites is 1. The molecule has 0 radical (unpaired) electrons. The number of amides is 2. The van der Waals surface area contributed by atoms with Gasteiger partial charge in [-0.15, -0.1) is 23.1 Å². The molecule has 1 fully saturated rings. The summed E-state index contributed by atoms with van der Waals surface area (Å²) in [7, 11) is 0. The predicted molar refractivity (Wildman–Crippen MR) is 122 cm³/mol. The van der Waals surface area contributed by atoms with Crippen molar-refractivity contribution in [2.24, 2.45) is 0 Å². The monoisotopic (exact) mass is 422 g/mol. The molecule has 1 saturated heterocycles. The van der Waals surface area contributed by atoms with Crippen molar-refractivity contribution in [3.8, 4) is 0 Å². The summed E-state index contributed by atoms with van der Waals surface area (Å²) in [6.45, 7) is 2.15. The summed E-state index contributed by atoms with van der Waals surface area (Å²) < 4.78 is 0. The Morgan fingerprint density at radius 3 is 2.79 bits per heavy atom. The van der Waals surface area contributed by atoms with Gasteiger partial charge in [0, 0.05) is 11.4 Å². The number of thioether (sulfide) groups is 1. The van der Waals surface area contributed by atoms with Crippen molar-refractivity contribution in [3.05, 3.63) is 82.0 Å². The van der Waals surface area contributed by atoms with Gasteiger partial charge in [0.2, 0.25) is 5.91 Å². The van der Waals surface area contributed by atoms with Crippen molar-refractivity contribution in [1.29, 1.82) is 0 Å². The maximum Gasteiger partial charge on any atom is 0.265 e. The van der Waals surface area contributed by atoms with Crippen LogP contribution in [-0.2, 0) is 11.2 Å². The number of hydrogen-bond acceptors (Lipinski definition) is 4. The van der Waals surface area contributed by atoms with Gasteiger partial charge in [0.05, 0.1) is 10.6 Å². The molecule has 4 nitrogen and oxygen atoms in total. The zero-order valence-corrected chi connectivity index (χ0v) is 17.8. The summed E-state index contributed by atoms with van der Waals surface area (Å²) in [5, 5.41) is 4.75. The fraction of sp³-hybridized carbons (Fsp3) is 0.217. The third-order valence-corrected chi connectivity index (χ3v) is 6.89. The number of thiophene rings is 1. The summed E-state index contributed by atoms with van der Waals surface area (Å²) in [6, 6.07) is 19.6. The van der Waals surface area contributed by atoms with Crippen LogP contribution in [0.4, 0.5) is 11.4 Å². The van der Waals surface area contributed by atoms with E-state index in [1.807, 2.05) is 64.9 Å². The number of rotatable bonds is 6. The van der Waals surface area contributed by atoms with Gasteiger partial charge in [0.15, 0.2) is 0 Å². The highest BCUT2D eigenvalue weighted by Crippen LogP contribution is 2.43. The SMILES string of the molecule is CCCc1ccccc1N1C(=O)CS[C@@H]1c1cccc(NC(=O)c2cccs2)c1. The first-order valence-corrected chi connectivity index (χ1v) is 11.6. The Hall–Kier alpha value is -2.57. The van der Waals surface area contributed by atoms with Gasteiger partial charge in [0.25, 0.3) is 5.91 Å². The Morgan fingerprint density at radius 1 is 1.14 bits per heavy atom. The predicted octanol–water partition coefficient (Wildman–Crippen LogP) is 5.73. The fourth-order valence-electron chi connectivity index (χ4n) is 3.53. The lowest BCUT2D eigenvalue weighted by atomic mass is 10.1. The molecule has 1 aliphatic rings. The topological polar surface area (TPSA) is 49.4 Å². The van der Waals surface area contributed by atoms with Crippen LogP contribution in [0.25, 0.3) is 0 Å². The lowest BCUT2D eigenvalue weighted by Crippen LogP contribution is -2.28. The molecule has 0 aliphatic carbocycles. The average Bonchev–Trinajstić information content (AvgIpc) is 3.39. The van der Waals surface area contributed by atoms with E-state index in [0.717, 1.165) is 29.8 Å². The number of anilines is 2. The van der Waals surface area contributed by atoms with Gasteiger partial charge in [-0.1, -0.05) is 49.7 Å². The normalized spacial score (nSPS) is 16.2. The van der Waals surface area contributed by atoms with Gasteiger partial charge in [-0.05, 0) is 47.2 Å². The third-order valence-electron chi connectivity index (χ3n) is 4.81. The molecular formula is C23H22N2O2S2. The Kier molecular flexibility index (Phi) is 6.02. The van der Waals surface area contributed by atoms with Crippen molar-refractivity contribution >= 4 is 46.3 Å². The summed E-state index contributed by atoms with van der Waals surface area (Å²) in [4.78, 5) is 27.8. The zero-order chi connectivity index (χ0) is 20.2. The molecule has 1 aliphatic heterocycles. The van der Waals surface area contributed by atoms with E-state index < -0.39 is 0 Å². The van der Waals surface area contributed by atoms with Gasteiger partial charge in [-0.25, -0.2) is 0 Å². The van der Waals surface area contributed by atoms with Gasteiger partial charge >= 0.3 is 0 Å². The van der Waals surface area contributed by atoms with E-state index in [4.69, 9.17) is 0 Å². The molecule has 0 bridgehead atoms. The lowest BCUT2D eigenvalue weighted by molar-refractivity contribution is -0.115. The fourth-order valence-corrected chi connectivity index (χ4v) is 5.31. The van der Waals surface area contributed by atoms with Crippen LogP contribution in [0.2, 0.25) is 0 Å². The number of nitrogens with one attached hydrogen (secondary N) is 1. The summed E-state index contributed by atoms with van der Waals surface area (Å²) in [5.41, 5.74) is 3.93. The van der Waals surface area contributed by atoms with Crippen molar-refractivity contribution in [2.45, 2.75) is 25.1 Å². The Bertz CT molecular complexity index is 1020. The van der Waals surface area contributed by atoms with Crippen LogP contribution in [0.15, 0.2) is 66.0 Å². The number of nitrogens with zero attached hydrogens (tertiary/aromatic N) is 1. The quantitative estimate of drug-likeness (QED) is 0.552. The smallest absolute Gasteiger partial charge is 0.265 e. The number of aryl methyl sites for hydroxylation is 1. The van der Waals surface area contributed by atoms with Gasteiger partial charge in [-0.3, -0.25) is 14.5 Å².